The molecule has 1 aliphatic carbocycles. The number of aryl methyl sites for hydroxylation is 1. The van der Waals surface area contributed by atoms with Crippen LogP contribution in [0, 0.1) is 11.8 Å². The lowest BCUT2D eigenvalue weighted by Gasteiger charge is -2.28. The van der Waals surface area contributed by atoms with Gasteiger partial charge in [-0.3, -0.25) is 14.4 Å². The Morgan fingerprint density at radius 3 is 2.33 bits per heavy atom. The van der Waals surface area contributed by atoms with Crippen molar-refractivity contribution in [2.75, 3.05) is 0 Å². The number of carboxylic acid groups (broad SMARTS) is 1. The summed E-state index contributed by atoms with van der Waals surface area (Å²) in [6, 6.07) is 8.62. The average Bonchev–Trinajstić information content (AvgIpc) is 3.17. The van der Waals surface area contributed by atoms with Gasteiger partial charge in [0.25, 0.3) is 0 Å². The summed E-state index contributed by atoms with van der Waals surface area (Å²) in [5.74, 6) is -1.79. The summed E-state index contributed by atoms with van der Waals surface area (Å²) in [5, 5.41) is 10.5. The fraction of sp³-hybridized carbons (Fsp3) is 0.571. The highest BCUT2D eigenvalue weighted by molar-refractivity contribution is 5.96. The predicted molar refractivity (Wildman–Crippen MR) is 103 cm³/mol. The van der Waals surface area contributed by atoms with Crippen LogP contribution < -0.4 is 5.43 Å². The van der Waals surface area contributed by atoms with Crippen LogP contribution in [-0.4, -0.2) is 33.9 Å². The minimum absolute atomic E-state index is 0.126. The van der Waals surface area contributed by atoms with Crippen LogP contribution in [0.3, 0.4) is 0 Å². The first kappa shape index (κ1) is 21.1. The van der Waals surface area contributed by atoms with Gasteiger partial charge in [-0.1, -0.05) is 57.0 Å². The van der Waals surface area contributed by atoms with Crippen LogP contribution in [0.25, 0.3) is 0 Å². The van der Waals surface area contributed by atoms with E-state index < -0.39 is 12.0 Å². The summed E-state index contributed by atoms with van der Waals surface area (Å²) in [5.41, 5.74) is 3.74. The van der Waals surface area contributed by atoms with E-state index in [1.165, 1.54) is 0 Å². The van der Waals surface area contributed by atoms with Crippen molar-refractivity contribution in [3.8, 4) is 0 Å². The Kier molecular flexibility index (Phi) is 7.98. The molecule has 1 aliphatic rings. The number of rotatable bonds is 9. The summed E-state index contributed by atoms with van der Waals surface area (Å²) in [6.45, 7) is 3.83. The summed E-state index contributed by atoms with van der Waals surface area (Å²) in [6.07, 6.45) is 4.46. The molecule has 1 fully saturated rings. The summed E-state index contributed by atoms with van der Waals surface area (Å²) in [7, 11) is 0. The molecule has 27 heavy (non-hydrogen) atoms. The number of aliphatic carboxylic acids is 1. The molecule has 0 bridgehead atoms. The Labute approximate surface area is 160 Å². The maximum absolute atomic E-state index is 12.9. The largest absolute Gasteiger partial charge is 0.480 e. The Morgan fingerprint density at radius 1 is 1.15 bits per heavy atom. The smallest absolute Gasteiger partial charge is 0.322 e. The van der Waals surface area contributed by atoms with Crippen LogP contribution >= 0.6 is 0 Å². The van der Waals surface area contributed by atoms with Gasteiger partial charge >= 0.3 is 5.97 Å². The number of nitrogens with zero attached hydrogens (tertiary/aromatic N) is 1. The van der Waals surface area contributed by atoms with E-state index in [9.17, 15) is 19.5 Å². The highest BCUT2D eigenvalue weighted by atomic mass is 16.4. The van der Waals surface area contributed by atoms with E-state index in [1.807, 2.05) is 44.2 Å². The van der Waals surface area contributed by atoms with Gasteiger partial charge in [0.1, 0.15) is 6.04 Å². The highest BCUT2D eigenvalue weighted by Gasteiger charge is 2.33. The molecule has 1 atom stereocenters. The Bertz CT molecular complexity index is 639. The molecule has 0 aromatic heterocycles. The topological polar surface area (TPSA) is 86.7 Å². The molecule has 0 spiro atoms. The molecule has 0 saturated heterocycles. The summed E-state index contributed by atoms with van der Waals surface area (Å²) in [4.78, 5) is 37.3. The Hall–Kier alpha value is -2.21. The third-order valence-electron chi connectivity index (χ3n) is 4.93. The maximum atomic E-state index is 12.9. The zero-order chi connectivity index (χ0) is 19.8. The second-order valence-corrected chi connectivity index (χ2v) is 7.68. The standard InChI is InChI=1S/C21H30N2O4/c1-15(2)14-18(21(26)27)22-23(20(25)17-10-6-7-11-17)19(24)13-12-16-8-4-3-5-9-16/h3-5,8-9,15,17-18,22H,6-7,10-14H2,1-2H3,(H,26,27)/t18-/m0/s1. The number of carbonyl (C=O) groups is 3. The quantitative estimate of drug-likeness (QED) is 0.648. The van der Waals surface area contributed by atoms with Crippen molar-refractivity contribution >= 4 is 17.8 Å². The number of amides is 2. The third-order valence-corrected chi connectivity index (χ3v) is 4.93. The molecule has 0 unspecified atom stereocenters. The molecule has 2 rings (SSSR count). The van der Waals surface area contributed by atoms with Gasteiger partial charge in [-0.15, -0.1) is 0 Å². The third kappa shape index (κ3) is 6.47. The number of carbonyl (C=O) groups excluding carboxylic acids is 2. The molecule has 0 radical (unpaired) electrons. The van der Waals surface area contributed by atoms with Crippen molar-refractivity contribution in [1.29, 1.82) is 0 Å². The number of benzene rings is 1. The molecule has 6 heteroatoms. The SMILES string of the molecule is CC(C)C[C@H](NN(C(=O)CCc1ccccc1)C(=O)C1CCCC1)C(=O)O. The van der Waals surface area contributed by atoms with Crippen molar-refractivity contribution in [2.45, 2.75) is 64.8 Å². The van der Waals surface area contributed by atoms with Crippen LogP contribution in [0.5, 0.6) is 0 Å². The molecule has 6 nitrogen and oxygen atoms in total. The minimum Gasteiger partial charge on any atom is -0.480 e. The first-order chi connectivity index (χ1) is 12.9. The van der Waals surface area contributed by atoms with Gasteiger partial charge in [-0.05, 0) is 37.2 Å². The zero-order valence-electron chi connectivity index (χ0n) is 16.2. The van der Waals surface area contributed by atoms with E-state index >= 15 is 0 Å². The first-order valence-electron chi connectivity index (χ1n) is 9.78. The van der Waals surface area contributed by atoms with Gasteiger partial charge in [0.2, 0.25) is 11.8 Å². The number of hydrogen-bond acceptors (Lipinski definition) is 4. The van der Waals surface area contributed by atoms with E-state index in [0.717, 1.165) is 36.3 Å². The Balaban J connectivity index is 2.10. The molecular formula is C21H30N2O4. The second-order valence-electron chi connectivity index (χ2n) is 7.68. The van der Waals surface area contributed by atoms with E-state index in [0.29, 0.717) is 12.8 Å². The number of nitrogens with one attached hydrogen (secondary N) is 1. The molecule has 0 heterocycles. The highest BCUT2D eigenvalue weighted by Crippen LogP contribution is 2.26. The van der Waals surface area contributed by atoms with E-state index in [2.05, 4.69) is 5.43 Å². The first-order valence-corrected chi connectivity index (χ1v) is 9.78. The fourth-order valence-electron chi connectivity index (χ4n) is 3.46. The lowest BCUT2D eigenvalue weighted by Crippen LogP contribution is -2.55. The zero-order valence-corrected chi connectivity index (χ0v) is 16.2. The van der Waals surface area contributed by atoms with E-state index in [1.54, 1.807) is 0 Å². The van der Waals surface area contributed by atoms with Crippen molar-refractivity contribution < 1.29 is 19.5 Å². The fourth-order valence-corrected chi connectivity index (χ4v) is 3.46. The lowest BCUT2D eigenvalue weighted by molar-refractivity contribution is -0.155. The van der Waals surface area contributed by atoms with Crippen LogP contribution in [0.2, 0.25) is 0 Å². The normalized spacial score (nSPS) is 15.7. The molecule has 0 aliphatic heterocycles. The summed E-state index contributed by atoms with van der Waals surface area (Å²) < 4.78 is 0. The average molecular weight is 374 g/mol. The van der Waals surface area contributed by atoms with Gasteiger partial charge in [-0.2, -0.15) is 0 Å². The maximum Gasteiger partial charge on any atom is 0.322 e. The molecule has 1 aromatic carbocycles. The number of imide groups is 1. The van der Waals surface area contributed by atoms with E-state index in [-0.39, 0.29) is 30.1 Å². The van der Waals surface area contributed by atoms with Gasteiger partial charge in [0.15, 0.2) is 0 Å². The molecule has 1 aromatic rings. The van der Waals surface area contributed by atoms with Gasteiger partial charge in [-0.25, -0.2) is 10.4 Å². The molecule has 2 N–H and O–H groups in total. The van der Waals surface area contributed by atoms with Crippen molar-refractivity contribution in [3.63, 3.8) is 0 Å². The van der Waals surface area contributed by atoms with E-state index in [4.69, 9.17) is 0 Å². The number of carboxylic acids is 1. The van der Waals surface area contributed by atoms with Crippen molar-refractivity contribution in [1.82, 2.24) is 10.4 Å². The monoisotopic (exact) mass is 374 g/mol. The van der Waals surface area contributed by atoms with Crippen molar-refractivity contribution in [2.24, 2.45) is 11.8 Å². The second kappa shape index (κ2) is 10.2. The van der Waals surface area contributed by atoms with Crippen LogP contribution in [0.15, 0.2) is 30.3 Å². The molecule has 2 amide bonds. The predicted octanol–water partition coefficient (Wildman–Crippen LogP) is 3.17. The van der Waals surface area contributed by atoms with Gasteiger partial charge in [0, 0.05) is 12.3 Å². The van der Waals surface area contributed by atoms with Crippen molar-refractivity contribution in [3.05, 3.63) is 35.9 Å². The minimum atomic E-state index is -1.05. The lowest BCUT2D eigenvalue weighted by atomic mass is 10.0. The van der Waals surface area contributed by atoms with Crippen LogP contribution in [0.4, 0.5) is 0 Å². The summed E-state index contributed by atoms with van der Waals surface area (Å²) >= 11 is 0. The Morgan fingerprint density at radius 2 is 1.78 bits per heavy atom. The molecule has 1 saturated carbocycles. The number of hydrazine groups is 1. The van der Waals surface area contributed by atoms with Crippen LogP contribution in [0.1, 0.15) is 57.9 Å². The molecular weight excluding hydrogens is 344 g/mol. The van der Waals surface area contributed by atoms with Gasteiger partial charge in [0.05, 0.1) is 0 Å². The molecule has 148 valence electrons. The number of hydrogen-bond donors (Lipinski definition) is 2. The van der Waals surface area contributed by atoms with Gasteiger partial charge < -0.3 is 5.11 Å². The van der Waals surface area contributed by atoms with Crippen LogP contribution in [-0.2, 0) is 20.8 Å².